The van der Waals surface area contributed by atoms with Crippen LogP contribution in [0.5, 0.6) is 0 Å². The maximum Gasteiger partial charge on any atom is 0.191 e. The Morgan fingerprint density at radius 2 is 2.04 bits per heavy atom. The maximum atomic E-state index is 13.6. The largest absolute Gasteiger partial charge is 0.356 e. The smallest absolute Gasteiger partial charge is 0.191 e. The number of aliphatic imine (C=N–C) groups is 1. The van der Waals surface area contributed by atoms with Gasteiger partial charge in [-0.05, 0) is 55.5 Å². The molecule has 2 aromatic rings. The number of guanidine groups is 1. The van der Waals surface area contributed by atoms with Crippen molar-refractivity contribution in [3.63, 3.8) is 0 Å². The fourth-order valence-corrected chi connectivity index (χ4v) is 3.97. The monoisotopic (exact) mass is 381 g/mol. The molecule has 2 aliphatic rings. The zero-order valence-corrected chi connectivity index (χ0v) is 16.4. The molecule has 1 saturated carbocycles. The van der Waals surface area contributed by atoms with Gasteiger partial charge in [0.2, 0.25) is 0 Å². The SMILES string of the molecule is CN=C(NCC1(c2cccc(F)c2)CC1)NC1CCN(c2ccccn2)CC1. The topological polar surface area (TPSA) is 52.6 Å². The van der Waals surface area contributed by atoms with Gasteiger partial charge in [-0.1, -0.05) is 18.2 Å². The van der Waals surface area contributed by atoms with E-state index in [1.165, 1.54) is 6.07 Å². The Balaban J connectivity index is 1.28. The highest BCUT2D eigenvalue weighted by Crippen LogP contribution is 2.47. The number of anilines is 1. The van der Waals surface area contributed by atoms with Gasteiger partial charge in [-0.2, -0.15) is 0 Å². The first kappa shape index (κ1) is 18.7. The van der Waals surface area contributed by atoms with Crippen LogP contribution in [-0.2, 0) is 5.41 Å². The van der Waals surface area contributed by atoms with E-state index in [1.807, 2.05) is 24.4 Å². The van der Waals surface area contributed by atoms with Gasteiger partial charge in [0.1, 0.15) is 11.6 Å². The van der Waals surface area contributed by atoms with Crippen LogP contribution < -0.4 is 15.5 Å². The molecule has 2 fully saturated rings. The number of rotatable bonds is 5. The molecule has 1 aromatic carbocycles. The predicted octanol–water partition coefficient (Wildman–Crippen LogP) is 3.09. The van der Waals surface area contributed by atoms with E-state index in [4.69, 9.17) is 0 Å². The van der Waals surface area contributed by atoms with E-state index in [0.717, 1.165) is 62.7 Å². The Labute approximate surface area is 166 Å². The molecule has 1 aliphatic heterocycles. The minimum Gasteiger partial charge on any atom is -0.356 e. The zero-order valence-electron chi connectivity index (χ0n) is 16.4. The van der Waals surface area contributed by atoms with Gasteiger partial charge in [0.15, 0.2) is 5.96 Å². The highest BCUT2D eigenvalue weighted by molar-refractivity contribution is 5.80. The molecular weight excluding hydrogens is 353 g/mol. The fourth-order valence-electron chi connectivity index (χ4n) is 3.97. The molecule has 2 heterocycles. The summed E-state index contributed by atoms with van der Waals surface area (Å²) >= 11 is 0. The van der Waals surface area contributed by atoms with E-state index in [9.17, 15) is 4.39 Å². The molecule has 1 saturated heterocycles. The van der Waals surface area contributed by atoms with E-state index >= 15 is 0 Å². The van der Waals surface area contributed by atoms with Crippen molar-refractivity contribution in [1.29, 1.82) is 0 Å². The molecule has 6 heteroatoms. The highest BCUT2D eigenvalue weighted by atomic mass is 19.1. The number of pyridine rings is 1. The van der Waals surface area contributed by atoms with Gasteiger partial charge in [0.05, 0.1) is 0 Å². The lowest BCUT2D eigenvalue weighted by atomic mass is 9.96. The summed E-state index contributed by atoms with van der Waals surface area (Å²) in [7, 11) is 1.81. The summed E-state index contributed by atoms with van der Waals surface area (Å²) in [5.41, 5.74) is 1.13. The molecule has 1 aromatic heterocycles. The van der Waals surface area contributed by atoms with E-state index < -0.39 is 0 Å². The van der Waals surface area contributed by atoms with Crippen LogP contribution in [0.2, 0.25) is 0 Å². The van der Waals surface area contributed by atoms with E-state index in [-0.39, 0.29) is 11.2 Å². The van der Waals surface area contributed by atoms with E-state index in [1.54, 1.807) is 19.2 Å². The molecule has 5 nitrogen and oxygen atoms in total. The van der Waals surface area contributed by atoms with Crippen molar-refractivity contribution in [2.45, 2.75) is 37.1 Å². The van der Waals surface area contributed by atoms with Crippen LogP contribution in [0.3, 0.4) is 0 Å². The Hall–Kier alpha value is -2.63. The van der Waals surface area contributed by atoms with Gasteiger partial charge in [-0.25, -0.2) is 9.37 Å². The number of hydrogen-bond acceptors (Lipinski definition) is 3. The predicted molar refractivity (Wildman–Crippen MR) is 111 cm³/mol. The van der Waals surface area contributed by atoms with Crippen molar-refractivity contribution in [2.24, 2.45) is 4.99 Å². The Morgan fingerprint density at radius 1 is 1.21 bits per heavy atom. The molecule has 28 heavy (non-hydrogen) atoms. The molecule has 0 atom stereocenters. The summed E-state index contributed by atoms with van der Waals surface area (Å²) in [6, 6.07) is 13.4. The Bertz CT molecular complexity index is 811. The third-order valence-electron chi connectivity index (χ3n) is 5.92. The molecule has 0 amide bonds. The first-order valence-corrected chi connectivity index (χ1v) is 10.1. The molecule has 1 aliphatic carbocycles. The zero-order chi connectivity index (χ0) is 19.4. The summed E-state index contributed by atoms with van der Waals surface area (Å²) in [6.07, 6.45) is 6.11. The number of halogens is 1. The second-order valence-corrected chi connectivity index (χ2v) is 7.81. The minimum atomic E-state index is -0.161. The van der Waals surface area contributed by atoms with Crippen molar-refractivity contribution in [2.75, 3.05) is 31.6 Å². The molecule has 2 N–H and O–H groups in total. The minimum absolute atomic E-state index is 0.0437. The number of nitrogens with one attached hydrogen (secondary N) is 2. The number of nitrogens with zero attached hydrogens (tertiary/aromatic N) is 3. The van der Waals surface area contributed by atoms with Crippen molar-refractivity contribution >= 4 is 11.8 Å². The number of aromatic nitrogens is 1. The second-order valence-electron chi connectivity index (χ2n) is 7.81. The van der Waals surface area contributed by atoms with E-state index in [2.05, 4.69) is 31.6 Å². The van der Waals surface area contributed by atoms with Gasteiger partial charge >= 0.3 is 0 Å². The fraction of sp³-hybridized carbons (Fsp3) is 0.455. The maximum absolute atomic E-state index is 13.6. The number of piperidine rings is 1. The van der Waals surface area contributed by atoms with Crippen LogP contribution in [0, 0.1) is 5.82 Å². The first-order valence-electron chi connectivity index (χ1n) is 10.1. The second kappa shape index (κ2) is 8.17. The van der Waals surface area contributed by atoms with Gasteiger partial charge in [-0.3, -0.25) is 4.99 Å². The lowest BCUT2D eigenvalue weighted by Crippen LogP contribution is -2.50. The Morgan fingerprint density at radius 3 is 2.68 bits per heavy atom. The average molecular weight is 381 g/mol. The van der Waals surface area contributed by atoms with Crippen molar-refractivity contribution in [3.05, 3.63) is 60.0 Å². The molecule has 148 valence electrons. The van der Waals surface area contributed by atoms with Gasteiger partial charge < -0.3 is 15.5 Å². The standard InChI is InChI=1S/C22H28FN5/c1-24-21(26-16-22(10-11-22)17-5-4-6-18(23)15-17)27-19-8-13-28(14-9-19)20-7-2-3-12-25-20/h2-7,12,15,19H,8-11,13-14,16H2,1H3,(H2,24,26,27). The molecule has 0 radical (unpaired) electrons. The highest BCUT2D eigenvalue weighted by Gasteiger charge is 2.44. The van der Waals surface area contributed by atoms with Crippen molar-refractivity contribution in [3.8, 4) is 0 Å². The Kier molecular flexibility index (Phi) is 5.46. The van der Waals surface area contributed by atoms with Crippen LogP contribution >= 0.6 is 0 Å². The van der Waals surface area contributed by atoms with Gasteiger partial charge in [0.25, 0.3) is 0 Å². The van der Waals surface area contributed by atoms with Crippen molar-refractivity contribution < 1.29 is 4.39 Å². The van der Waals surface area contributed by atoms with Gasteiger partial charge in [-0.15, -0.1) is 0 Å². The number of hydrogen-bond donors (Lipinski definition) is 2. The van der Waals surface area contributed by atoms with Crippen LogP contribution in [0.1, 0.15) is 31.2 Å². The third-order valence-corrected chi connectivity index (χ3v) is 5.92. The van der Waals surface area contributed by atoms with Crippen LogP contribution in [0.15, 0.2) is 53.7 Å². The lowest BCUT2D eigenvalue weighted by molar-refractivity contribution is 0.458. The lowest BCUT2D eigenvalue weighted by Gasteiger charge is -2.34. The molecular formula is C22H28FN5. The molecule has 4 rings (SSSR count). The molecule has 0 spiro atoms. The normalized spacial score (nSPS) is 19.4. The van der Waals surface area contributed by atoms with E-state index in [0.29, 0.717) is 6.04 Å². The molecule has 0 unspecified atom stereocenters. The van der Waals surface area contributed by atoms with Crippen LogP contribution in [0.25, 0.3) is 0 Å². The summed E-state index contributed by atoms with van der Waals surface area (Å²) in [6.45, 7) is 2.75. The average Bonchev–Trinajstić information content (AvgIpc) is 3.53. The third kappa shape index (κ3) is 4.26. The van der Waals surface area contributed by atoms with Crippen molar-refractivity contribution in [1.82, 2.24) is 15.6 Å². The quantitative estimate of drug-likeness (QED) is 0.617. The molecule has 0 bridgehead atoms. The van der Waals surface area contributed by atoms with Gasteiger partial charge in [0, 0.05) is 44.3 Å². The summed E-state index contributed by atoms with van der Waals surface area (Å²) in [4.78, 5) is 11.2. The van der Waals surface area contributed by atoms with Crippen LogP contribution in [0.4, 0.5) is 10.2 Å². The van der Waals surface area contributed by atoms with Crippen LogP contribution in [-0.4, -0.2) is 43.7 Å². The summed E-state index contributed by atoms with van der Waals surface area (Å²) in [5, 5.41) is 7.03. The first-order chi connectivity index (χ1) is 13.7. The summed E-state index contributed by atoms with van der Waals surface area (Å²) < 4.78 is 13.6. The summed E-state index contributed by atoms with van der Waals surface area (Å²) in [5.74, 6) is 1.72. The number of benzene rings is 1.